The van der Waals surface area contributed by atoms with E-state index in [-0.39, 0.29) is 15.2 Å². The van der Waals surface area contributed by atoms with E-state index in [2.05, 4.69) is 0 Å². The molecule has 0 amide bonds. The molecular formula is C19H25ClO4S. The molecule has 4 nitrogen and oxygen atoms in total. The number of hydrogen-bond donors (Lipinski definition) is 1. The van der Waals surface area contributed by atoms with Crippen LogP contribution in [0.15, 0.2) is 23.1 Å². The summed E-state index contributed by atoms with van der Waals surface area (Å²) in [6.45, 7) is 0. The number of carboxylic acid groups (broad SMARTS) is 1. The third kappa shape index (κ3) is 4.03. The number of aliphatic carboxylic acids is 1. The van der Waals surface area contributed by atoms with E-state index in [0.29, 0.717) is 30.7 Å². The summed E-state index contributed by atoms with van der Waals surface area (Å²) >= 11 is 6.29. The molecule has 0 aromatic heterocycles. The summed E-state index contributed by atoms with van der Waals surface area (Å²) in [5.74, 6) is -1.06. The Hall–Kier alpha value is -1.07. The number of sulfone groups is 1. The maximum atomic E-state index is 12.7. The second-order valence-corrected chi connectivity index (χ2v) is 10.0. The smallest absolute Gasteiger partial charge is 0.310 e. The molecule has 3 rings (SSSR count). The molecule has 2 aliphatic rings. The molecule has 0 saturated heterocycles. The van der Waals surface area contributed by atoms with Crippen LogP contribution in [0.25, 0.3) is 0 Å². The molecule has 2 aliphatic carbocycles. The fraction of sp³-hybridized carbons (Fsp3) is 0.632. The average molecular weight is 385 g/mol. The lowest BCUT2D eigenvalue weighted by Gasteiger charge is -2.19. The summed E-state index contributed by atoms with van der Waals surface area (Å²) in [7, 11) is -3.43. The van der Waals surface area contributed by atoms with Crippen molar-refractivity contribution in [2.75, 3.05) is 0 Å². The number of rotatable bonds is 6. The van der Waals surface area contributed by atoms with Crippen LogP contribution in [-0.2, 0) is 14.6 Å². The third-order valence-electron chi connectivity index (χ3n) is 5.75. The Kier molecular flexibility index (Phi) is 5.74. The van der Waals surface area contributed by atoms with Gasteiger partial charge in [-0.25, -0.2) is 8.42 Å². The fourth-order valence-electron chi connectivity index (χ4n) is 4.30. The van der Waals surface area contributed by atoms with Gasteiger partial charge in [0.25, 0.3) is 0 Å². The Bertz CT molecular complexity index is 732. The zero-order valence-corrected chi connectivity index (χ0v) is 15.9. The van der Waals surface area contributed by atoms with E-state index in [9.17, 15) is 18.3 Å². The topological polar surface area (TPSA) is 71.4 Å². The first-order chi connectivity index (χ1) is 11.9. The molecule has 1 atom stereocenters. The molecular weight excluding hydrogens is 360 g/mol. The van der Waals surface area contributed by atoms with Crippen molar-refractivity contribution >= 4 is 27.4 Å². The molecule has 0 spiro atoms. The van der Waals surface area contributed by atoms with Crippen LogP contribution in [0.5, 0.6) is 0 Å². The van der Waals surface area contributed by atoms with Crippen molar-refractivity contribution in [3.63, 3.8) is 0 Å². The van der Waals surface area contributed by atoms with Crippen LogP contribution < -0.4 is 0 Å². The van der Waals surface area contributed by atoms with Crippen LogP contribution >= 0.6 is 11.6 Å². The molecule has 0 radical (unpaired) electrons. The molecule has 1 aromatic rings. The molecule has 1 N–H and O–H groups in total. The minimum atomic E-state index is -3.43. The van der Waals surface area contributed by atoms with E-state index in [1.165, 1.54) is 6.07 Å². The van der Waals surface area contributed by atoms with Gasteiger partial charge < -0.3 is 5.11 Å². The quantitative estimate of drug-likeness (QED) is 0.764. The summed E-state index contributed by atoms with van der Waals surface area (Å²) in [4.78, 5) is 11.9. The highest BCUT2D eigenvalue weighted by Gasteiger charge is 2.33. The molecule has 2 fully saturated rings. The van der Waals surface area contributed by atoms with Gasteiger partial charge >= 0.3 is 5.97 Å². The molecule has 0 aliphatic heterocycles. The molecule has 2 saturated carbocycles. The van der Waals surface area contributed by atoms with Crippen molar-refractivity contribution in [3.05, 3.63) is 28.8 Å². The summed E-state index contributed by atoms with van der Waals surface area (Å²) in [6, 6.07) is 4.70. The lowest BCUT2D eigenvalue weighted by Crippen LogP contribution is -2.19. The van der Waals surface area contributed by atoms with Gasteiger partial charge in [-0.1, -0.05) is 56.2 Å². The van der Waals surface area contributed by atoms with E-state index in [1.807, 2.05) is 0 Å². The van der Waals surface area contributed by atoms with Crippen molar-refractivity contribution in [2.24, 2.45) is 5.92 Å². The molecule has 0 heterocycles. The van der Waals surface area contributed by atoms with E-state index in [0.717, 1.165) is 38.5 Å². The lowest BCUT2D eigenvalue weighted by molar-refractivity contribution is -0.139. The highest BCUT2D eigenvalue weighted by atomic mass is 35.5. The second-order valence-electron chi connectivity index (χ2n) is 7.42. The van der Waals surface area contributed by atoms with Crippen molar-refractivity contribution < 1.29 is 18.3 Å². The first-order valence-electron chi connectivity index (χ1n) is 9.15. The Morgan fingerprint density at radius 2 is 1.72 bits per heavy atom. The standard InChI is InChI=1S/C19H25ClO4S/c20-17-12-14(16(19(21)22)11-13-5-1-2-6-13)9-10-18(17)25(23,24)15-7-3-4-8-15/h9-10,12-13,15-16H,1-8,11H2,(H,21,22)/t16-/m1/s1. The SMILES string of the molecule is O=C(O)[C@H](CC1CCCC1)c1ccc(S(=O)(=O)C2CCCC2)c(Cl)c1. The van der Waals surface area contributed by atoms with Crippen molar-refractivity contribution in [1.82, 2.24) is 0 Å². The predicted molar refractivity (Wildman–Crippen MR) is 97.8 cm³/mol. The number of carbonyl (C=O) groups is 1. The van der Waals surface area contributed by atoms with Crippen LogP contribution in [0.1, 0.15) is 69.3 Å². The summed E-state index contributed by atoms with van der Waals surface area (Å²) < 4.78 is 25.5. The van der Waals surface area contributed by atoms with E-state index in [4.69, 9.17) is 11.6 Å². The van der Waals surface area contributed by atoms with Crippen LogP contribution in [0.2, 0.25) is 5.02 Å². The van der Waals surface area contributed by atoms with Gasteiger partial charge in [-0.2, -0.15) is 0 Å². The van der Waals surface area contributed by atoms with Crippen molar-refractivity contribution in [1.29, 1.82) is 0 Å². The first-order valence-corrected chi connectivity index (χ1v) is 11.1. The highest BCUT2D eigenvalue weighted by Crippen LogP contribution is 2.37. The van der Waals surface area contributed by atoms with Crippen molar-refractivity contribution in [2.45, 2.75) is 73.9 Å². The molecule has 0 unspecified atom stereocenters. The molecule has 6 heteroatoms. The van der Waals surface area contributed by atoms with Crippen LogP contribution in [0, 0.1) is 5.92 Å². The van der Waals surface area contributed by atoms with Gasteiger partial charge in [0.05, 0.1) is 21.1 Å². The number of carboxylic acids is 1. The number of hydrogen-bond acceptors (Lipinski definition) is 3. The van der Waals surface area contributed by atoms with Gasteiger partial charge in [0, 0.05) is 0 Å². The van der Waals surface area contributed by atoms with E-state index >= 15 is 0 Å². The monoisotopic (exact) mass is 384 g/mol. The molecule has 25 heavy (non-hydrogen) atoms. The Morgan fingerprint density at radius 3 is 2.28 bits per heavy atom. The minimum Gasteiger partial charge on any atom is -0.481 e. The fourth-order valence-corrected chi connectivity index (χ4v) is 6.71. The average Bonchev–Trinajstić information content (AvgIpc) is 3.25. The minimum absolute atomic E-state index is 0.148. The maximum Gasteiger partial charge on any atom is 0.310 e. The zero-order chi connectivity index (χ0) is 18.0. The van der Waals surface area contributed by atoms with Gasteiger partial charge in [-0.15, -0.1) is 0 Å². The van der Waals surface area contributed by atoms with Gasteiger partial charge in [0.15, 0.2) is 9.84 Å². The Labute approximate surface area is 154 Å². The molecule has 1 aromatic carbocycles. The summed E-state index contributed by atoms with van der Waals surface area (Å²) in [6.07, 6.45) is 8.30. The zero-order valence-electron chi connectivity index (χ0n) is 14.3. The van der Waals surface area contributed by atoms with Gasteiger partial charge in [0.1, 0.15) is 0 Å². The third-order valence-corrected chi connectivity index (χ3v) is 8.49. The highest BCUT2D eigenvalue weighted by molar-refractivity contribution is 7.92. The van der Waals surface area contributed by atoms with Gasteiger partial charge in [0.2, 0.25) is 0 Å². The predicted octanol–water partition coefficient (Wildman–Crippen LogP) is 4.80. The normalized spacial score (nSPS) is 20.8. The van der Waals surface area contributed by atoms with Gasteiger partial charge in [-0.3, -0.25) is 4.79 Å². The molecule has 0 bridgehead atoms. The van der Waals surface area contributed by atoms with Gasteiger partial charge in [-0.05, 0) is 42.9 Å². The Morgan fingerprint density at radius 1 is 1.12 bits per heavy atom. The largest absolute Gasteiger partial charge is 0.481 e. The Balaban J connectivity index is 1.85. The summed E-state index contributed by atoms with van der Waals surface area (Å²) in [5.41, 5.74) is 0.606. The lowest BCUT2D eigenvalue weighted by atomic mass is 9.88. The van der Waals surface area contributed by atoms with Crippen molar-refractivity contribution in [3.8, 4) is 0 Å². The van der Waals surface area contributed by atoms with E-state index in [1.54, 1.807) is 12.1 Å². The number of halogens is 1. The first kappa shape index (κ1) is 18.7. The van der Waals surface area contributed by atoms with E-state index < -0.39 is 21.7 Å². The number of benzene rings is 1. The van der Waals surface area contributed by atoms with Crippen LogP contribution in [0.3, 0.4) is 0 Å². The molecule has 138 valence electrons. The summed E-state index contributed by atoms with van der Waals surface area (Å²) in [5, 5.41) is 9.42. The van der Waals surface area contributed by atoms with Crippen LogP contribution in [0.4, 0.5) is 0 Å². The maximum absolute atomic E-state index is 12.7. The van der Waals surface area contributed by atoms with Crippen LogP contribution in [-0.4, -0.2) is 24.7 Å². The second kappa shape index (κ2) is 7.67.